The van der Waals surface area contributed by atoms with E-state index in [1.807, 2.05) is 0 Å². The lowest BCUT2D eigenvalue weighted by Crippen LogP contribution is -2.45. The zero-order valence-electron chi connectivity index (χ0n) is 10.8. The van der Waals surface area contributed by atoms with Gasteiger partial charge in [0, 0.05) is 6.54 Å². The van der Waals surface area contributed by atoms with Gasteiger partial charge in [0.15, 0.2) is 6.10 Å². The minimum atomic E-state index is -4.50. The summed E-state index contributed by atoms with van der Waals surface area (Å²) < 4.78 is 36.6. The molecule has 1 saturated heterocycles. The first-order valence-corrected chi connectivity index (χ1v) is 6.61. The Hall–Kier alpha value is -0.330. The molecule has 3 nitrogen and oxygen atoms in total. The molecule has 0 amide bonds. The molecule has 0 aromatic rings. The molecule has 1 heterocycles. The van der Waals surface area contributed by atoms with Crippen LogP contribution in [-0.2, 0) is 0 Å². The van der Waals surface area contributed by atoms with Crippen molar-refractivity contribution >= 4 is 0 Å². The number of aliphatic hydroxyl groups excluding tert-OH is 1. The molecule has 18 heavy (non-hydrogen) atoms. The summed E-state index contributed by atoms with van der Waals surface area (Å²) in [6.07, 6.45) is -3.81. The molecule has 0 radical (unpaired) electrons. The highest BCUT2D eigenvalue weighted by molar-refractivity contribution is 4.77. The van der Waals surface area contributed by atoms with Crippen LogP contribution in [0.5, 0.6) is 0 Å². The Morgan fingerprint density at radius 3 is 2.44 bits per heavy atom. The Morgan fingerprint density at radius 1 is 1.33 bits per heavy atom. The predicted molar refractivity (Wildman–Crippen MR) is 64.4 cm³/mol. The number of likely N-dealkylation sites (tertiary alicyclic amines) is 1. The van der Waals surface area contributed by atoms with Crippen molar-refractivity contribution < 1.29 is 18.3 Å². The molecular formula is C12H23F3N2O. The Labute approximate surface area is 106 Å². The first-order valence-electron chi connectivity index (χ1n) is 6.61. The van der Waals surface area contributed by atoms with Crippen LogP contribution in [-0.4, -0.2) is 55.0 Å². The Kier molecular flexibility index (Phi) is 6.38. The standard InChI is InChI=1S/C12H23F3N2O/c1-2-5-16-8-10-3-6-17(7-4-10)9-11(18)12(13,14)15/h10-11,16,18H,2-9H2,1H3. The predicted octanol–water partition coefficient (Wildman–Crippen LogP) is 1.62. The number of alkyl halides is 3. The van der Waals surface area contributed by atoms with E-state index in [0.29, 0.717) is 19.0 Å². The number of piperidine rings is 1. The minimum absolute atomic E-state index is 0.293. The Bertz CT molecular complexity index is 228. The number of nitrogens with one attached hydrogen (secondary N) is 1. The number of rotatable bonds is 6. The van der Waals surface area contributed by atoms with Gasteiger partial charge >= 0.3 is 6.18 Å². The molecule has 1 aliphatic heterocycles. The van der Waals surface area contributed by atoms with Gasteiger partial charge in [-0.1, -0.05) is 6.92 Å². The van der Waals surface area contributed by atoms with Gasteiger partial charge in [-0.2, -0.15) is 13.2 Å². The van der Waals surface area contributed by atoms with Crippen molar-refractivity contribution in [3.05, 3.63) is 0 Å². The van der Waals surface area contributed by atoms with E-state index in [2.05, 4.69) is 12.2 Å². The third-order valence-corrected chi connectivity index (χ3v) is 3.38. The van der Waals surface area contributed by atoms with Gasteiger partial charge in [0.05, 0.1) is 0 Å². The van der Waals surface area contributed by atoms with Crippen LogP contribution in [0.15, 0.2) is 0 Å². The molecular weight excluding hydrogens is 245 g/mol. The normalized spacial score (nSPS) is 21.2. The number of nitrogens with zero attached hydrogens (tertiary/aromatic N) is 1. The summed E-state index contributed by atoms with van der Waals surface area (Å²) in [5, 5.41) is 12.3. The average molecular weight is 268 g/mol. The SMILES string of the molecule is CCCNCC1CCN(CC(O)C(F)(F)F)CC1. The van der Waals surface area contributed by atoms with Crippen LogP contribution in [0.2, 0.25) is 0 Å². The third kappa shape index (κ3) is 5.54. The van der Waals surface area contributed by atoms with Crippen molar-refractivity contribution in [2.75, 3.05) is 32.7 Å². The lowest BCUT2D eigenvalue weighted by molar-refractivity contribution is -0.208. The zero-order valence-corrected chi connectivity index (χ0v) is 10.8. The summed E-state index contributed by atoms with van der Waals surface area (Å²) >= 11 is 0. The molecule has 1 aliphatic rings. The van der Waals surface area contributed by atoms with Crippen molar-refractivity contribution in [1.82, 2.24) is 10.2 Å². The average Bonchev–Trinajstić information content (AvgIpc) is 2.30. The minimum Gasteiger partial charge on any atom is -0.382 e. The van der Waals surface area contributed by atoms with Crippen LogP contribution in [0.1, 0.15) is 26.2 Å². The van der Waals surface area contributed by atoms with Crippen LogP contribution in [0, 0.1) is 5.92 Å². The molecule has 0 saturated carbocycles. The number of halogens is 3. The van der Waals surface area contributed by atoms with Crippen LogP contribution >= 0.6 is 0 Å². The fraction of sp³-hybridized carbons (Fsp3) is 1.00. The van der Waals surface area contributed by atoms with E-state index in [9.17, 15) is 13.2 Å². The van der Waals surface area contributed by atoms with Gasteiger partial charge in [0.25, 0.3) is 0 Å². The molecule has 6 heteroatoms. The summed E-state index contributed by atoms with van der Waals surface area (Å²) in [5.41, 5.74) is 0. The molecule has 1 atom stereocenters. The summed E-state index contributed by atoms with van der Waals surface area (Å²) in [6, 6.07) is 0. The fourth-order valence-corrected chi connectivity index (χ4v) is 2.20. The van der Waals surface area contributed by atoms with E-state index in [1.165, 1.54) is 0 Å². The van der Waals surface area contributed by atoms with E-state index >= 15 is 0 Å². The van der Waals surface area contributed by atoms with Gasteiger partial charge in [0.2, 0.25) is 0 Å². The molecule has 0 spiro atoms. The molecule has 0 aromatic heterocycles. The largest absolute Gasteiger partial charge is 0.415 e. The lowest BCUT2D eigenvalue weighted by Gasteiger charge is -2.33. The van der Waals surface area contributed by atoms with Gasteiger partial charge in [0.1, 0.15) is 0 Å². The number of hydrogen-bond acceptors (Lipinski definition) is 3. The number of hydrogen-bond donors (Lipinski definition) is 2. The van der Waals surface area contributed by atoms with Gasteiger partial charge < -0.3 is 15.3 Å². The topological polar surface area (TPSA) is 35.5 Å². The Morgan fingerprint density at radius 2 is 1.94 bits per heavy atom. The van der Waals surface area contributed by atoms with Crippen LogP contribution in [0.4, 0.5) is 13.2 Å². The maximum absolute atomic E-state index is 12.2. The van der Waals surface area contributed by atoms with Crippen LogP contribution in [0.25, 0.3) is 0 Å². The number of aliphatic hydroxyl groups is 1. The van der Waals surface area contributed by atoms with Gasteiger partial charge in [-0.3, -0.25) is 0 Å². The van der Waals surface area contributed by atoms with Crippen molar-refractivity contribution in [3.63, 3.8) is 0 Å². The summed E-state index contributed by atoms with van der Waals surface area (Å²) in [6.45, 7) is 5.04. The van der Waals surface area contributed by atoms with Crippen LogP contribution < -0.4 is 5.32 Å². The van der Waals surface area contributed by atoms with Gasteiger partial charge in [-0.05, 0) is 51.4 Å². The highest BCUT2D eigenvalue weighted by Crippen LogP contribution is 2.23. The molecule has 2 N–H and O–H groups in total. The first-order chi connectivity index (χ1) is 8.43. The fourth-order valence-electron chi connectivity index (χ4n) is 2.20. The maximum Gasteiger partial charge on any atom is 0.415 e. The number of β-amino-alcohol motifs (C(OH)–C–C–N with tert-alkyl or cyclic N) is 1. The van der Waals surface area contributed by atoms with E-state index in [4.69, 9.17) is 5.11 Å². The van der Waals surface area contributed by atoms with Crippen molar-refractivity contribution in [2.45, 2.75) is 38.5 Å². The monoisotopic (exact) mass is 268 g/mol. The van der Waals surface area contributed by atoms with E-state index in [1.54, 1.807) is 4.90 Å². The molecule has 0 bridgehead atoms. The summed E-state index contributed by atoms with van der Waals surface area (Å²) in [5.74, 6) is 0.552. The smallest absolute Gasteiger partial charge is 0.382 e. The van der Waals surface area contributed by atoms with Crippen LogP contribution in [0.3, 0.4) is 0 Å². The highest BCUT2D eigenvalue weighted by Gasteiger charge is 2.39. The van der Waals surface area contributed by atoms with Crippen molar-refractivity contribution in [3.8, 4) is 0 Å². The first kappa shape index (κ1) is 15.7. The second-order valence-electron chi connectivity index (χ2n) is 5.01. The van der Waals surface area contributed by atoms with Crippen molar-refractivity contribution in [1.29, 1.82) is 0 Å². The van der Waals surface area contributed by atoms with E-state index < -0.39 is 12.3 Å². The Balaban J connectivity index is 2.19. The molecule has 108 valence electrons. The zero-order chi connectivity index (χ0) is 13.6. The molecule has 0 aromatic carbocycles. The summed E-state index contributed by atoms with van der Waals surface area (Å²) in [7, 11) is 0. The summed E-state index contributed by atoms with van der Waals surface area (Å²) in [4.78, 5) is 1.70. The van der Waals surface area contributed by atoms with Gasteiger partial charge in [-0.15, -0.1) is 0 Å². The van der Waals surface area contributed by atoms with E-state index in [-0.39, 0.29) is 6.54 Å². The quantitative estimate of drug-likeness (QED) is 0.719. The van der Waals surface area contributed by atoms with Crippen molar-refractivity contribution in [2.24, 2.45) is 5.92 Å². The molecule has 0 aliphatic carbocycles. The molecule has 1 rings (SSSR count). The molecule has 1 unspecified atom stereocenters. The molecule has 1 fully saturated rings. The van der Waals surface area contributed by atoms with Gasteiger partial charge in [-0.25, -0.2) is 0 Å². The van der Waals surface area contributed by atoms with E-state index in [0.717, 1.165) is 32.4 Å². The maximum atomic E-state index is 12.2. The second-order valence-corrected chi connectivity index (χ2v) is 5.01. The highest BCUT2D eigenvalue weighted by atomic mass is 19.4. The lowest BCUT2D eigenvalue weighted by atomic mass is 9.96. The second kappa shape index (κ2) is 7.31. The third-order valence-electron chi connectivity index (χ3n) is 3.38.